The molecule has 3 aliphatic heterocycles. The first-order valence-electron chi connectivity index (χ1n) is 12.6. The summed E-state index contributed by atoms with van der Waals surface area (Å²) >= 11 is 1.73. The number of aromatic amines is 1. The van der Waals surface area contributed by atoms with Crippen molar-refractivity contribution in [2.75, 3.05) is 55.8 Å². The number of aromatic nitrogens is 2. The summed E-state index contributed by atoms with van der Waals surface area (Å²) in [6, 6.07) is 4.17. The molecule has 200 valence electrons. The number of non-ortho nitro benzene ring substituents is 1. The number of anilines is 1. The fourth-order valence-electron chi connectivity index (χ4n) is 5.18. The maximum Gasteiger partial charge on any atom is 0.411 e. The van der Waals surface area contributed by atoms with Crippen molar-refractivity contribution in [2.24, 2.45) is 0 Å². The molecular formula is C24H33N7O5S. The quantitative estimate of drug-likeness (QED) is 0.467. The number of nitrogens with one attached hydrogen (secondary N) is 1. The van der Waals surface area contributed by atoms with Crippen molar-refractivity contribution in [3.05, 3.63) is 28.3 Å². The van der Waals surface area contributed by atoms with Gasteiger partial charge in [0.15, 0.2) is 0 Å². The van der Waals surface area contributed by atoms with Gasteiger partial charge in [0.1, 0.15) is 11.6 Å². The van der Waals surface area contributed by atoms with Crippen LogP contribution in [0.5, 0.6) is 0 Å². The summed E-state index contributed by atoms with van der Waals surface area (Å²) in [5.74, 6) is 2.29. The first kappa shape index (κ1) is 25.6. The number of rotatable bonds is 4. The van der Waals surface area contributed by atoms with Gasteiger partial charge in [-0.3, -0.25) is 24.7 Å². The molecule has 2 aromatic rings. The van der Waals surface area contributed by atoms with E-state index in [1.54, 1.807) is 22.7 Å². The lowest BCUT2D eigenvalue weighted by Crippen LogP contribution is -2.51. The molecule has 0 aliphatic carbocycles. The second-order valence-electron chi connectivity index (χ2n) is 10.7. The Morgan fingerprint density at radius 1 is 1.19 bits per heavy atom. The predicted octanol–water partition coefficient (Wildman–Crippen LogP) is 2.50. The lowest BCUT2D eigenvalue weighted by molar-refractivity contribution is -0.384. The van der Waals surface area contributed by atoms with Gasteiger partial charge < -0.3 is 19.5 Å². The topological polar surface area (TPSA) is 128 Å². The summed E-state index contributed by atoms with van der Waals surface area (Å²) in [6.07, 6.45) is 0.156. The Morgan fingerprint density at radius 3 is 2.59 bits per heavy atom. The van der Waals surface area contributed by atoms with Crippen molar-refractivity contribution in [2.45, 2.75) is 44.9 Å². The number of amides is 2. The second kappa shape index (κ2) is 10.0. The fourth-order valence-corrected chi connectivity index (χ4v) is 6.14. The van der Waals surface area contributed by atoms with Crippen LogP contribution in [0.1, 0.15) is 27.2 Å². The van der Waals surface area contributed by atoms with Gasteiger partial charge in [-0.1, -0.05) is 0 Å². The van der Waals surface area contributed by atoms with E-state index in [2.05, 4.69) is 19.8 Å². The lowest BCUT2D eigenvalue weighted by Gasteiger charge is -2.37. The number of carbonyl (C=O) groups excluding carboxylic acids is 2. The van der Waals surface area contributed by atoms with Crippen molar-refractivity contribution in [3.8, 4) is 0 Å². The molecule has 5 rings (SSSR count). The highest BCUT2D eigenvalue weighted by molar-refractivity contribution is 7.99. The van der Waals surface area contributed by atoms with Gasteiger partial charge in [0.25, 0.3) is 5.69 Å². The third-order valence-electron chi connectivity index (χ3n) is 7.05. The van der Waals surface area contributed by atoms with Crippen LogP contribution in [0.3, 0.4) is 0 Å². The zero-order valence-electron chi connectivity index (χ0n) is 21.4. The number of piperazine rings is 1. The molecule has 4 heterocycles. The minimum absolute atomic E-state index is 0.00774. The Morgan fingerprint density at radius 2 is 1.95 bits per heavy atom. The summed E-state index contributed by atoms with van der Waals surface area (Å²) in [5, 5.41) is 11.1. The van der Waals surface area contributed by atoms with Crippen LogP contribution in [-0.4, -0.2) is 110 Å². The van der Waals surface area contributed by atoms with Gasteiger partial charge in [-0.25, -0.2) is 9.78 Å². The molecule has 37 heavy (non-hydrogen) atoms. The number of nitrogens with zero attached hydrogens (tertiary/aromatic N) is 6. The largest absolute Gasteiger partial charge is 0.444 e. The van der Waals surface area contributed by atoms with Gasteiger partial charge in [0.05, 0.1) is 21.8 Å². The molecule has 0 saturated carbocycles. The van der Waals surface area contributed by atoms with Gasteiger partial charge >= 0.3 is 6.09 Å². The van der Waals surface area contributed by atoms with E-state index in [-0.39, 0.29) is 17.6 Å². The Hall–Kier alpha value is -3.06. The van der Waals surface area contributed by atoms with Crippen LogP contribution in [0, 0.1) is 10.1 Å². The van der Waals surface area contributed by atoms with E-state index in [9.17, 15) is 19.7 Å². The first-order valence-corrected chi connectivity index (χ1v) is 13.7. The first-order chi connectivity index (χ1) is 17.6. The molecule has 0 radical (unpaired) electrons. The molecule has 12 nitrogen and oxygen atoms in total. The van der Waals surface area contributed by atoms with Crippen LogP contribution in [0.25, 0.3) is 11.0 Å². The zero-order chi connectivity index (χ0) is 26.3. The highest BCUT2D eigenvalue weighted by Gasteiger charge is 2.45. The van der Waals surface area contributed by atoms with Gasteiger partial charge in [-0.15, -0.1) is 11.8 Å². The van der Waals surface area contributed by atoms with E-state index >= 15 is 0 Å². The van der Waals surface area contributed by atoms with E-state index in [0.29, 0.717) is 55.5 Å². The molecule has 0 bridgehead atoms. The van der Waals surface area contributed by atoms with Gasteiger partial charge in [-0.05, 0) is 33.3 Å². The third kappa shape index (κ3) is 5.47. The molecule has 1 N–H and O–H groups in total. The second-order valence-corrected chi connectivity index (χ2v) is 11.8. The molecule has 3 saturated heterocycles. The number of hydrogen-bond acceptors (Lipinski definition) is 9. The van der Waals surface area contributed by atoms with Crippen molar-refractivity contribution < 1.29 is 19.2 Å². The maximum absolute atomic E-state index is 13.3. The summed E-state index contributed by atoms with van der Waals surface area (Å²) in [4.78, 5) is 52.8. The van der Waals surface area contributed by atoms with Gasteiger partial charge in [0.2, 0.25) is 11.9 Å². The van der Waals surface area contributed by atoms with E-state index < -0.39 is 22.7 Å². The SMILES string of the molecule is CC(C)(C)OC(=O)N1C[C@@H](N2CCN(c3nc4ccc([N+](=O)[O-])cc4[nH]3)CC2)C[C@H]1C(=O)N1CCSC1. The third-order valence-corrected chi connectivity index (χ3v) is 8.02. The van der Waals surface area contributed by atoms with Crippen LogP contribution in [0.2, 0.25) is 0 Å². The molecule has 3 fully saturated rings. The molecule has 13 heteroatoms. The van der Waals surface area contributed by atoms with Crippen LogP contribution in [-0.2, 0) is 9.53 Å². The number of ether oxygens (including phenoxy) is 1. The van der Waals surface area contributed by atoms with Crippen molar-refractivity contribution in [3.63, 3.8) is 0 Å². The summed E-state index contributed by atoms with van der Waals surface area (Å²) in [6.45, 7) is 9.62. The number of carbonyl (C=O) groups is 2. The Kier molecular flexibility index (Phi) is 6.92. The van der Waals surface area contributed by atoms with Crippen LogP contribution in [0.15, 0.2) is 18.2 Å². The number of benzene rings is 1. The van der Waals surface area contributed by atoms with Crippen LogP contribution in [0.4, 0.5) is 16.4 Å². The Labute approximate surface area is 219 Å². The Bertz CT molecular complexity index is 1180. The predicted molar refractivity (Wildman–Crippen MR) is 141 cm³/mol. The minimum Gasteiger partial charge on any atom is -0.444 e. The number of thioether (sulfide) groups is 1. The van der Waals surface area contributed by atoms with Crippen LogP contribution >= 0.6 is 11.8 Å². The lowest BCUT2D eigenvalue weighted by atomic mass is 10.1. The molecule has 2 amide bonds. The molecular weight excluding hydrogens is 498 g/mol. The number of H-pyrrole nitrogens is 1. The number of fused-ring (bicyclic) bond motifs is 1. The van der Waals surface area contributed by atoms with Crippen molar-refractivity contribution in [1.29, 1.82) is 0 Å². The molecule has 1 aromatic heterocycles. The number of likely N-dealkylation sites (tertiary alicyclic amines) is 1. The van der Waals surface area contributed by atoms with E-state index in [0.717, 1.165) is 18.8 Å². The smallest absolute Gasteiger partial charge is 0.411 e. The fraction of sp³-hybridized carbons (Fsp3) is 0.625. The standard InChI is InChI=1S/C24H33N7O5S/c1-24(2,3)36-23(33)30-14-17(13-20(30)21(32)29-10-11-37-15-29)27-6-8-28(9-7-27)22-25-18-5-4-16(31(34)35)12-19(18)26-22/h4-5,12,17,20H,6-11,13-15H2,1-3H3,(H,25,26)/t17-,20-/m0/s1. The summed E-state index contributed by atoms with van der Waals surface area (Å²) < 4.78 is 5.66. The normalized spacial score (nSPS) is 23.2. The molecule has 0 spiro atoms. The molecule has 2 atom stereocenters. The maximum atomic E-state index is 13.3. The van der Waals surface area contributed by atoms with Crippen molar-refractivity contribution >= 4 is 46.4 Å². The number of nitro groups is 1. The minimum atomic E-state index is -0.634. The Balaban J connectivity index is 1.25. The number of imidazole rings is 1. The highest BCUT2D eigenvalue weighted by atomic mass is 32.2. The highest BCUT2D eigenvalue weighted by Crippen LogP contribution is 2.29. The molecule has 0 unspecified atom stereocenters. The number of nitro benzene ring substituents is 1. The van der Waals surface area contributed by atoms with Crippen LogP contribution < -0.4 is 4.90 Å². The van der Waals surface area contributed by atoms with Crippen molar-refractivity contribution in [1.82, 2.24) is 24.7 Å². The summed E-state index contributed by atoms with van der Waals surface area (Å²) in [5.41, 5.74) is 0.718. The molecule has 1 aromatic carbocycles. The monoisotopic (exact) mass is 531 g/mol. The van der Waals surface area contributed by atoms with E-state index in [4.69, 9.17) is 4.74 Å². The summed E-state index contributed by atoms with van der Waals surface area (Å²) in [7, 11) is 0. The van der Waals surface area contributed by atoms with E-state index in [1.165, 1.54) is 12.1 Å². The molecule has 3 aliphatic rings. The average molecular weight is 532 g/mol. The zero-order valence-corrected chi connectivity index (χ0v) is 22.2. The van der Waals surface area contributed by atoms with E-state index in [1.807, 2.05) is 25.7 Å². The average Bonchev–Trinajstić information content (AvgIpc) is 3.61. The van der Waals surface area contributed by atoms with Gasteiger partial charge in [0, 0.05) is 63.2 Å². The van der Waals surface area contributed by atoms with Gasteiger partial charge in [-0.2, -0.15) is 0 Å². The number of hydrogen-bond donors (Lipinski definition) is 1.